The summed E-state index contributed by atoms with van der Waals surface area (Å²) in [6, 6.07) is 8.36. The molecular weight excluding hydrogens is 404 g/mol. The lowest BCUT2D eigenvalue weighted by atomic mass is 9.88. The first kappa shape index (κ1) is 26.0. The summed E-state index contributed by atoms with van der Waals surface area (Å²) in [5.41, 5.74) is 0.576. The average molecular weight is 447 g/mol. The van der Waals surface area contributed by atoms with Gasteiger partial charge in [0.1, 0.15) is 5.60 Å². The van der Waals surface area contributed by atoms with E-state index in [9.17, 15) is 9.59 Å². The highest BCUT2D eigenvalue weighted by atomic mass is 16.6. The Balaban J connectivity index is 1.97. The van der Waals surface area contributed by atoms with E-state index in [0.29, 0.717) is 11.6 Å². The molecule has 2 amide bonds. The molecule has 1 heterocycles. The summed E-state index contributed by atoms with van der Waals surface area (Å²) in [4.78, 5) is 29.9. The van der Waals surface area contributed by atoms with Gasteiger partial charge in [-0.15, -0.1) is 0 Å². The van der Waals surface area contributed by atoms with Gasteiger partial charge in [0.15, 0.2) is 0 Å². The largest absolute Gasteiger partial charge is 0.444 e. The molecule has 0 aliphatic carbocycles. The lowest BCUT2D eigenvalue weighted by Crippen LogP contribution is -2.57. The molecule has 1 aliphatic rings. The third-order valence-electron chi connectivity index (χ3n) is 6.21. The number of carbonyl (C=O) groups excluding carboxylic acids is 2. The van der Waals surface area contributed by atoms with Gasteiger partial charge in [0, 0.05) is 50.0 Å². The van der Waals surface area contributed by atoms with Crippen LogP contribution in [0.5, 0.6) is 0 Å². The Morgan fingerprint density at radius 1 is 0.969 bits per heavy atom. The predicted molar refractivity (Wildman–Crippen MR) is 130 cm³/mol. The molecule has 2 rings (SSSR count). The lowest BCUT2D eigenvalue weighted by Gasteiger charge is -2.38. The van der Waals surface area contributed by atoms with E-state index in [1.165, 1.54) is 0 Å². The van der Waals surface area contributed by atoms with Crippen LogP contribution in [-0.2, 0) is 4.74 Å². The quantitative estimate of drug-likeness (QED) is 0.665. The van der Waals surface area contributed by atoms with Crippen molar-refractivity contribution < 1.29 is 14.3 Å². The van der Waals surface area contributed by atoms with Gasteiger partial charge in [0.05, 0.1) is 5.54 Å². The second-order valence-electron chi connectivity index (χ2n) is 10.5. The summed E-state index contributed by atoms with van der Waals surface area (Å²) in [6.07, 6.45) is -0.486. The van der Waals surface area contributed by atoms with Gasteiger partial charge in [-0.2, -0.15) is 0 Å². The molecule has 0 saturated carbocycles. The van der Waals surface area contributed by atoms with Crippen LogP contribution in [0.4, 0.5) is 10.5 Å². The number of hydrogen-bond donors (Lipinski definition) is 2. The van der Waals surface area contributed by atoms with Crippen molar-refractivity contribution in [2.24, 2.45) is 5.92 Å². The van der Waals surface area contributed by atoms with E-state index in [1.54, 1.807) is 0 Å². The SMILES string of the molecule is CC(C)N1CCN(c2ccc(C(=O)NC(C)(CNC(=O)OC(C)(C)C)C(C)C)cc2)CC1. The minimum absolute atomic E-state index is 0.109. The van der Waals surface area contributed by atoms with Crippen molar-refractivity contribution >= 4 is 17.7 Å². The Hall–Kier alpha value is -2.28. The van der Waals surface area contributed by atoms with Gasteiger partial charge in [-0.05, 0) is 71.7 Å². The molecule has 1 aromatic carbocycles. The summed E-state index contributed by atoms with van der Waals surface area (Å²) in [7, 11) is 0. The Morgan fingerprint density at radius 3 is 2.00 bits per heavy atom. The number of rotatable bonds is 7. The molecule has 180 valence electrons. The Labute approximate surface area is 193 Å². The number of benzene rings is 1. The van der Waals surface area contributed by atoms with Crippen LogP contribution < -0.4 is 15.5 Å². The molecule has 1 saturated heterocycles. The zero-order valence-corrected chi connectivity index (χ0v) is 21.1. The fourth-order valence-corrected chi connectivity index (χ4v) is 3.61. The highest BCUT2D eigenvalue weighted by molar-refractivity contribution is 5.95. The number of anilines is 1. The standard InChI is InChI=1S/C25H42N4O3/c1-18(2)25(8,17-26-23(31)32-24(5,6)7)27-22(30)20-9-11-21(12-10-20)29-15-13-28(14-16-29)19(3)4/h9-12,18-19H,13-17H2,1-8H3,(H,26,31)(H,27,30). The van der Waals surface area contributed by atoms with Crippen molar-refractivity contribution in [1.82, 2.24) is 15.5 Å². The summed E-state index contributed by atoms with van der Waals surface area (Å²) in [5, 5.41) is 5.91. The molecule has 0 aromatic heterocycles. The first-order chi connectivity index (χ1) is 14.8. The minimum atomic E-state index is -0.611. The van der Waals surface area contributed by atoms with E-state index in [-0.39, 0.29) is 18.4 Å². The topological polar surface area (TPSA) is 73.9 Å². The van der Waals surface area contributed by atoms with Crippen LogP contribution in [0.2, 0.25) is 0 Å². The van der Waals surface area contributed by atoms with Crippen molar-refractivity contribution in [3.05, 3.63) is 29.8 Å². The third-order valence-corrected chi connectivity index (χ3v) is 6.21. The molecule has 0 bridgehead atoms. The maximum absolute atomic E-state index is 13.0. The van der Waals surface area contributed by atoms with Gasteiger partial charge >= 0.3 is 6.09 Å². The predicted octanol–water partition coefficient (Wildman–Crippen LogP) is 3.89. The zero-order chi connectivity index (χ0) is 24.1. The first-order valence-electron chi connectivity index (χ1n) is 11.7. The highest BCUT2D eigenvalue weighted by Gasteiger charge is 2.32. The number of carbonyl (C=O) groups is 2. The first-order valence-corrected chi connectivity index (χ1v) is 11.7. The second-order valence-corrected chi connectivity index (χ2v) is 10.5. The second kappa shape index (κ2) is 10.6. The maximum atomic E-state index is 13.0. The van der Waals surface area contributed by atoms with Crippen molar-refractivity contribution in [2.45, 2.75) is 72.6 Å². The fourth-order valence-electron chi connectivity index (χ4n) is 3.61. The molecule has 0 spiro atoms. The monoisotopic (exact) mass is 446 g/mol. The van der Waals surface area contributed by atoms with E-state index >= 15 is 0 Å². The molecular formula is C25H42N4O3. The van der Waals surface area contributed by atoms with Crippen LogP contribution in [-0.4, -0.2) is 66.8 Å². The van der Waals surface area contributed by atoms with Crippen LogP contribution in [0.15, 0.2) is 24.3 Å². The maximum Gasteiger partial charge on any atom is 0.407 e. The van der Waals surface area contributed by atoms with Crippen molar-refractivity contribution in [3.63, 3.8) is 0 Å². The van der Waals surface area contributed by atoms with Gasteiger partial charge in [0.2, 0.25) is 0 Å². The zero-order valence-electron chi connectivity index (χ0n) is 21.1. The number of piperazine rings is 1. The number of hydrogen-bond acceptors (Lipinski definition) is 5. The summed E-state index contributed by atoms with van der Waals surface area (Å²) >= 11 is 0. The summed E-state index contributed by atoms with van der Waals surface area (Å²) in [5.74, 6) is -0.0405. The van der Waals surface area contributed by atoms with Crippen LogP contribution in [0, 0.1) is 5.92 Å². The van der Waals surface area contributed by atoms with Crippen molar-refractivity contribution in [1.29, 1.82) is 0 Å². The molecule has 7 heteroatoms. The Morgan fingerprint density at radius 2 is 1.53 bits per heavy atom. The summed E-state index contributed by atoms with van der Waals surface area (Å²) in [6.45, 7) is 20.3. The normalized spacial score (nSPS) is 17.2. The van der Waals surface area contributed by atoms with Crippen LogP contribution >= 0.6 is 0 Å². The number of nitrogens with one attached hydrogen (secondary N) is 2. The number of amides is 2. The van der Waals surface area contributed by atoms with Crippen LogP contribution in [0.25, 0.3) is 0 Å². The fraction of sp³-hybridized carbons (Fsp3) is 0.680. The summed E-state index contributed by atoms with van der Waals surface area (Å²) < 4.78 is 5.32. The van der Waals surface area contributed by atoms with Crippen molar-refractivity contribution in [2.75, 3.05) is 37.6 Å². The molecule has 1 aliphatic heterocycles. The lowest BCUT2D eigenvalue weighted by molar-refractivity contribution is 0.0497. The van der Waals surface area contributed by atoms with E-state index in [4.69, 9.17) is 4.74 Å². The van der Waals surface area contributed by atoms with Crippen LogP contribution in [0.3, 0.4) is 0 Å². The number of ether oxygens (including phenoxy) is 1. The Kier molecular flexibility index (Phi) is 8.57. The smallest absolute Gasteiger partial charge is 0.407 e. The van der Waals surface area contributed by atoms with Gasteiger partial charge in [-0.25, -0.2) is 4.79 Å². The molecule has 1 aromatic rings. The van der Waals surface area contributed by atoms with E-state index in [1.807, 2.05) is 65.8 Å². The van der Waals surface area contributed by atoms with E-state index in [2.05, 4.69) is 34.3 Å². The van der Waals surface area contributed by atoms with Crippen molar-refractivity contribution in [3.8, 4) is 0 Å². The Bertz CT molecular complexity index is 762. The van der Waals surface area contributed by atoms with E-state index < -0.39 is 17.2 Å². The van der Waals surface area contributed by atoms with Gasteiger partial charge in [-0.3, -0.25) is 9.69 Å². The van der Waals surface area contributed by atoms with Gasteiger partial charge in [0.25, 0.3) is 5.91 Å². The molecule has 0 radical (unpaired) electrons. The molecule has 32 heavy (non-hydrogen) atoms. The molecule has 2 N–H and O–H groups in total. The van der Waals surface area contributed by atoms with E-state index in [0.717, 1.165) is 31.9 Å². The number of alkyl carbamates (subject to hydrolysis) is 1. The van der Waals surface area contributed by atoms with Crippen LogP contribution in [0.1, 0.15) is 65.7 Å². The highest BCUT2D eigenvalue weighted by Crippen LogP contribution is 2.20. The molecule has 1 unspecified atom stereocenters. The van der Waals surface area contributed by atoms with Gasteiger partial charge < -0.3 is 20.3 Å². The molecule has 1 atom stereocenters. The molecule has 1 fully saturated rings. The molecule has 7 nitrogen and oxygen atoms in total. The third kappa shape index (κ3) is 7.40. The minimum Gasteiger partial charge on any atom is -0.444 e. The number of nitrogens with zero attached hydrogens (tertiary/aromatic N) is 2. The van der Waals surface area contributed by atoms with Gasteiger partial charge in [-0.1, -0.05) is 13.8 Å². The average Bonchev–Trinajstić information content (AvgIpc) is 2.71.